The average molecular weight is 329 g/mol. The van der Waals surface area contributed by atoms with Crippen molar-refractivity contribution >= 4 is 17.7 Å². The molecule has 0 bridgehead atoms. The van der Waals surface area contributed by atoms with Crippen LogP contribution in [0.4, 0.5) is 0 Å². The molecule has 122 valence electrons. The molecule has 0 aliphatic heterocycles. The van der Waals surface area contributed by atoms with Gasteiger partial charge < -0.3 is 10.1 Å². The number of nitrogens with one attached hydrogen (secondary N) is 1. The van der Waals surface area contributed by atoms with Gasteiger partial charge in [0.05, 0.1) is 12.9 Å². The molecule has 2 aromatic rings. The van der Waals surface area contributed by atoms with Crippen molar-refractivity contribution in [2.24, 2.45) is 0 Å². The Kier molecular flexibility index (Phi) is 7.54. The van der Waals surface area contributed by atoms with Gasteiger partial charge in [-0.05, 0) is 36.1 Å². The van der Waals surface area contributed by atoms with Crippen molar-refractivity contribution in [2.75, 3.05) is 19.4 Å². The maximum Gasteiger partial charge on any atom is 0.230 e. The van der Waals surface area contributed by atoms with Crippen LogP contribution in [0.3, 0.4) is 0 Å². The lowest BCUT2D eigenvalue weighted by atomic mass is 10.1. The molecule has 0 aromatic heterocycles. The zero-order valence-corrected chi connectivity index (χ0v) is 14.3. The third kappa shape index (κ3) is 6.78. The summed E-state index contributed by atoms with van der Waals surface area (Å²) in [6, 6.07) is 18.3. The quantitative estimate of drug-likeness (QED) is 0.713. The van der Waals surface area contributed by atoms with E-state index in [1.165, 1.54) is 11.1 Å². The van der Waals surface area contributed by atoms with Crippen LogP contribution in [0.1, 0.15) is 17.5 Å². The summed E-state index contributed by atoms with van der Waals surface area (Å²) in [7, 11) is 1.66. The summed E-state index contributed by atoms with van der Waals surface area (Å²) in [5.74, 6) is 2.30. The van der Waals surface area contributed by atoms with E-state index in [0.717, 1.165) is 30.9 Å². The lowest BCUT2D eigenvalue weighted by molar-refractivity contribution is -0.118. The Labute approximate surface area is 142 Å². The smallest absolute Gasteiger partial charge is 0.230 e. The van der Waals surface area contributed by atoms with E-state index in [0.29, 0.717) is 5.75 Å². The molecule has 0 saturated carbocycles. The van der Waals surface area contributed by atoms with Crippen LogP contribution in [0, 0.1) is 0 Å². The van der Waals surface area contributed by atoms with E-state index in [1.54, 1.807) is 18.9 Å². The van der Waals surface area contributed by atoms with Crippen LogP contribution in [0.2, 0.25) is 0 Å². The predicted octanol–water partition coefficient (Wildman–Crippen LogP) is 3.68. The first kappa shape index (κ1) is 17.4. The fraction of sp³-hybridized carbons (Fsp3) is 0.316. The number of amides is 1. The highest BCUT2D eigenvalue weighted by molar-refractivity contribution is 7.99. The first-order chi connectivity index (χ1) is 11.3. The topological polar surface area (TPSA) is 38.3 Å². The molecule has 1 amide bonds. The maximum absolute atomic E-state index is 11.8. The van der Waals surface area contributed by atoms with Crippen LogP contribution in [0.25, 0.3) is 0 Å². The number of rotatable bonds is 9. The highest BCUT2D eigenvalue weighted by atomic mass is 32.2. The second-order valence-electron chi connectivity index (χ2n) is 5.28. The van der Waals surface area contributed by atoms with Crippen LogP contribution < -0.4 is 10.1 Å². The van der Waals surface area contributed by atoms with Gasteiger partial charge in [0.15, 0.2) is 0 Å². The zero-order chi connectivity index (χ0) is 16.3. The van der Waals surface area contributed by atoms with E-state index in [4.69, 9.17) is 4.74 Å². The molecule has 0 atom stereocenters. The average Bonchev–Trinajstić information content (AvgIpc) is 2.60. The minimum Gasteiger partial charge on any atom is -0.497 e. The minimum absolute atomic E-state index is 0.108. The number of hydrogen-bond donors (Lipinski definition) is 1. The van der Waals surface area contributed by atoms with Crippen molar-refractivity contribution in [1.82, 2.24) is 5.32 Å². The molecule has 0 heterocycles. The maximum atomic E-state index is 11.8. The monoisotopic (exact) mass is 329 g/mol. The highest BCUT2D eigenvalue weighted by Gasteiger charge is 2.02. The van der Waals surface area contributed by atoms with Crippen LogP contribution in [0.15, 0.2) is 54.6 Å². The highest BCUT2D eigenvalue weighted by Crippen LogP contribution is 2.16. The van der Waals surface area contributed by atoms with Crippen molar-refractivity contribution < 1.29 is 9.53 Å². The Morgan fingerprint density at radius 2 is 1.78 bits per heavy atom. The van der Waals surface area contributed by atoms with Crippen LogP contribution in [-0.4, -0.2) is 25.3 Å². The first-order valence-electron chi connectivity index (χ1n) is 7.79. The standard InChI is InChI=1S/C19H23NO2S/c1-22-18-11-9-17(10-12-18)14-23-15-19(21)20-13-5-8-16-6-3-2-4-7-16/h2-4,6-7,9-12H,5,8,13-15H2,1H3,(H,20,21). The molecular formula is C19H23NO2S. The fourth-order valence-electron chi connectivity index (χ4n) is 2.20. The number of carbonyl (C=O) groups is 1. The summed E-state index contributed by atoms with van der Waals surface area (Å²) in [4.78, 5) is 11.8. The summed E-state index contributed by atoms with van der Waals surface area (Å²) in [5.41, 5.74) is 2.52. The van der Waals surface area contributed by atoms with Crippen LogP contribution in [-0.2, 0) is 17.0 Å². The summed E-state index contributed by atoms with van der Waals surface area (Å²) in [6.07, 6.45) is 1.97. The number of carbonyl (C=O) groups excluding carboxylic acids is 1. The zero-order valence-electron chi connectivity index (χ0n) is 13.5. The Morgan fingerprint density at radius 1 is 1.04 bits per heavy atom. The van der Waals surface area contributed by atoms with Gasteiger partial charge in [-0.1, -0.05) is 42.5 Å². The minimum atomic E-state index is 0.108. The molecule has 0 saturated heterocycles. The van der Waals surface area contributed by atoms with Crippen LogP contribution in [0.5, 0.6) is 5.75 Å². The molecule has 2 rings (SSSR count). The van der Waals surface area contributed by atoms with Gasteiger partial charge in [0.2, 0.25) is 5.91 Å². The van der Waals surface area contributed by atoms with Gasteiger partial charge in [-0.3, -0.25) is 4.79 Å². The summed E-state index contributed by atoms with van der Waals surface area (Å²) in [6.45, 7) is 0.733. The lowest BCUT2D eigenvalue weighted by Crippen LogP contribution is -2.26. The molecule has 0 aliphatic rings. The Morgan fingerprint density at radius 3 is 2.48 bits per heavy atom. The second-order valence-corrected chi connectivity index (χ2v) is 6.27. The van der Waals surface area contributed by atoms with Crippen LogP contribution >= 0.6 is 11.8 Å². The normalized spacial score (nSPS) is 10.3. The number of methoxy groups -OCH3 is 1. The molecule has 1 N–H and O–H groups in total. The summed E-state index contributed by atoms with van der Waals surface area (Å²) >= 11 is 1.63. The molecule has 2 aromatic carbocycles. The fourth-order valence-corrected chi connectivity index (χ4v) is 3.02. The number of aryl methyl sites for hydroxylation is 1. The van der Waals surface area contributed by atoms with Gasteiger partial charge in [0.25, 0.3) is 0 Å². The first-order valence-corrected chi connectivity index (χ1v) is 8.94. The molecular weight excluding hydrogens is 306 g/mol. The Balaban J connectivity index is 1.56. The van der Waals surface area contributed by atoms with E-state index in [1.807, 2.05) is 42.5 Å². The van der Waals surface area contributed by atoms with Crippen molar-refractivity contribution in [3.8, 4) is 5.75 Å². The summed E-state index contributed by atoms with van der Waals surface area (Å²) < 4.78 is 5.13. The molecule has 23 heavy (non-hydrogen) atoms. The number of ether oxygens (including phenoxy) is 1. The largest absolute Gasteiger partial charge is 0.497 e. The van der Waals surface area contributed by atoms with E-state index < -0.39 is 0 Å². The molecule has 0 fully saturated rings. The van der Waals surface area contributed by atoms with Gasteiger partial charge in [0.1, 0.15) is 5.75 Å². The molecule has 4 heteroatoms. The predicted molar refractivity (Wildman–Crippen MR) is 96.9 cm³/mol. The molecule has 0 unspecified atom stereocenters. The van der Waals surface area contributed by atoms with E-state index in [2.05, 4.69) is 17.4 Å². The lowest BCUT2D eigenvalue weighted by Gasteiger charge is -2.06. The molecule has 0 aliphatic carbocycles. The third-order valence-electron chi connectivity index (χ3n) is 3.47. The Bertz CT molecular complexity index is 584. The van der Waals surface area contributed by atoms with Crippen molar-refractivity contribution in [2.45, 2.75) is 18.6 Å². The van der Waals surface area contributed by atoms with Gasteiger partial charge in [-0.25, -0.2) is 0 Å². The van der Waals surface area contributed by atoms with E-state index in [9.17, 15) is 4.79 Å². The SMILES string of the molecule is COc1ccc(CSCC(=O)NCCCc2ccccc2)cc1. The third-order valence-corrected chi connectivity index (χ3v) is 4.47. The molecule has 0 radical (unpaired) electrons. The van der Waals surface area contributed by atoms with Gasteiger partial charge >= 0.3 is 0 Å². The van der Waals surface area contributed by atoms with Gasteiger partial charge in [-0.15, -0.1) is 11.8 Å². The van der Waals surface area contributed by atoms with Crippen molar-refractivity contribution in [1.29, 1.82) is 0 Å². The number of hydrogen-bond acceptors (Lipinski definition) is 3. The Hall–Kier alpha value is -1.94. The van der Waals surface area contributed by atoms with Gasteiger partial charge in [0, 0.05) is 12.3 Å². The summed E-state index contributed by atoms with van der Waals surface area (Å²) in [5, 5.41) is 2.98. The van der Waals surface area contributed by atoms with Gasteiger partial charge in [-0.2, -0.15) is 0 Å². The molecule has 0 spiro atoms. The van der Waals surface area contributed by atoms with E-state index in [-0.39, 0.29) is 5.91 Å². The number of thioether (sulfide) groups is 1. The molecule has 3 nitrogen and oxygen atoms in total. The van der Waals surface area contributed by atoms with E-state index >= 15 is 0 Å². The van der Waals surface area contributed by atoms with Crippen molar-refractivity contribution in [3.05, 3.63) is 65.7 Å². The number of benzene rings is 2. The van der Waals surface area contributed by atoms with Crippen molar-refractivity contribution in [3.63, 3.8) is 0 Å². The second kappa shape index (κ2) is 9.95.